The fourth-order valence-corrected chi connectivity index (χ4v) is 3.71. The van der Waals surface area contributed by atoms with Crippen LogP contribution < -0.4 is 0 Å². The van der Waals surface area contributed by atoms with Gasteiger partial charge in [0.1, 0.15) is 0 Å². The van der Waals surface area contributed by atoms with Gasteiger partial charge in [0.2, 0.25) is 0 Å². The van der Waals surface area contributed by atoms with E-state index >= 15 is 0 Å². The van der Waals surface area contributed by atoms with Crippen molar-refractivity contribution in [2.45, 2.75) is 13.5 Å². The third-order valence-electron chi connectivity index (χ3n) is 5.53. The van der Waals surface area contributed by atoms with Crippen molar-refractivity contribution < 1.29 is 9.72 Å². The number of nitro benzene ring substituents is 1. The fraction of sp³-hybridized carbons (Fsp3) is 0.273. The van der Waals surface area contributed by atoms with Crippen LogP contribution in [0.25, 0.3) is 5.69 Å². The van der Waals surface area contributed by atoms with Crippen molar-refractivity contribution in [1.29, 1.82) is 5.26 Å². The summed E-state index contributed by atoms with van der Waals surface area (Å²) in [6, 6.07) is 15.7. The van der Waals surface area contributed by atoms with Gasteiger partial charge < -0.3 is 4.90 Å². The van der Waals surface area contributed by atoms with Crippen molar-refractivity contribution in [3.05, 3.63) is 81.2 Å². The van der Waals surface area contributed by atoms with Gasteiger partial charge >= 0.3 is 0 Å². The maximum Gasteiger partial charge on any atom is 0.276 e. The molecule has 10 nitrogen and oxygen atoms in total. The van der Waals surface area contributed by atoms with Crippen LogP contribution in [0.2, 0.25) is 0 Å². The molecule has 1 amide bonds. The van der Waals surface area contributed by atoms with Gasteiger partial charge in [0.05, 0.1) is 27.9 Å². The van der Waals surface area contributed by atoms with Crippen LogP contribution >= 0.6 is 0 Å². The van der Waals surface area contributed by atoms with E-state index < -0.39 is 4.92 Å². The van der Waals surface area contributed by atoms with Crippen LogP contribution in [0.5, 0.6) is 0 Å². The van der Waals surface area contributed by atoms with E-state index in [-0.39, 0.29) is 17.3 Å². The second-order valence-electron chi connectivity index (χ2n) is 7.59. The average Bonchev–Trinajstić information content (AvgIpc) is 3.21. The number of carbonyl (C=O) groups is 1. The molecule has 3 aromatic rings. The zero-order valence-corrected chi connectivity index (χ0v) is 17.5. The van der Waals surface area contributed by atoms with Gasteiger partial charge in [0.15, 0.2) is 5.69 Å². The van der Waals surface area contributed by atoms with Crippen LogP contribution in [-0.4, -0.2) is 61.8 Å². The lowest BCUT2D eigenvalue weighted by atomic mass is 10.1. The zero-order valence-electron chi connectivity index (χ0n) is 17.5. The summed E-state index contributed by atoms with van der Waals surface area (Å²) in [4.78, 5) is 27.6. The van der Waals surface area contributed by atoms with Crippen molar-refractivity contribution in [2.24, 2.45) is 0 Å². The Hall–Kier alpha value is -4.10. The fourth-order valence-electron chi connectivity index (χ4n) is 3.71. The molecule has 10 heteroatoms. The predicted molar refractivity (Wildman–Crippen MR) is 115 cm³/mol. The summed E-state index contributed by atoms with van der Waals surface area (Å²) in [6.45, 7) is 5.08. The van der Waals surface area contributed by atoms with Crippen molar-refractivity contribution in [3.63, 3.8) is 0 Å². The highest BCUT2D eigenvalue weighted by Crippen LogP contribution is 2.19. The molecule has 0 spiro atoms. The molecule has 1 fully saturated rings. The molecule has 0 N–H and O–H groups in total. The molecule has 0 saturated carbocycles. The summed E-state index contributed by atoms with van der Waals surface area (Å²) in [5.41, 5.74) is 2.98. The highest BCUT2D eigenvalue weighted by Gasteiger charge is 2.26. The third-order valence-corrected chi connectivity index (χ3v) is 5.53. The largest absolute Gasteiger partial charge is 0.335 e. The monoisotopic (exact) mass is 431 g/mol. The van der Waals surface area contributed by atoms with E-state index in [9.17, 15) is 14.9 Å². The second kappa shape index (κ2) is 8.95. The molecule has 0 atom stereocenters. The maximum atomic E-state index is 13.0. The number of piperazine rings is 1. The van der Waals surface area contributed by atoms with Gasteiger partial charge in [-0.15, -0.1) is 5.10 Å². The van der Waals surface area contributed by atoms with Crippen molar-refractivity contribution in [3.8, 4) is 11.8 Å². The van der Waals surface area contributed by atoms with Gasteiger partial charge in [-0.1, -0.05) is 23.4 Å². The molecule has 1 aliphatic heterocycles. The first-order valence-corrected chi connectivity index (χ1v) is 10.1. The molecule has 0 radical (unpaired) electrons. The number of nitriles is 1. The molecule has 0 aliphatic carbocycles. The van der Waals surface area contributed by atoms with Crippen LogP contribution in [0.4, 0.5) is 5.69 Å². The summed E-state index contributed by atoms with van der Waals surface area (Å²) in [5, 5.41) is 28.1. The van der Waals surface area contributed by atoms with E-state index in [1.54, 1.807) is 24.0 Å². The van der Waals surface area contributed by atoms with Gasteiger partial charge in [0.25, 0.3) is 11.6 Å². The summed E-state index contributed by atoms with van der Waals surface area (Å²) in [6.07, 6.45) is 0. The predicted octanol–water partition coefficient (Wildman–Crippen LogP) is 2.31. The van der Waals surface area contributed by atoms with Crippen molar-refractivity contribution in [1.82, 2.24) is 24.8 Å². The Morgan fingerprint density at radius 2 is 1.88 bits per heavy atom. The Labute approximate surface area is 184 Å². The number of hydrogen-bond acceptors (Lipinski definition) is 7. The summed E-state index contributed by atoms with van der Waals surface area (Å²) in [5.74, 6) is -0.197. The topological polar surface area (TPSA) is 121 Å². The first kappa shape index (κ1) is 21.1. The molecule has 2 heterocycles. The Kier molecular flexibility index (Phi) is 5.91. The van der Waals surface area contributed by atoms with E-state index in [0.29, 0.717) is 30.0 Å². The van der Waals surface area contributed by atoms with Gasteiger partial charge in [0, 0.05) is 44.9 Å². The van der Waals surface area contributed by atoms with E-state index in [4.69, 9.17) is 5.26 Å². The number of benzene rings is 2. The summed E-state index contributed by atoms with van der Waals surface area (Å²) in [7, 11) is 0. The van der Waals surface area contributed by atoms with E-state index in [0.717, 1.165) is 25.2 Å². The minimum absolute atomic E-state index is 0.0522. The van der Waals surface area contributed by atoms with Crippen molar-refractivity contribution in [2.75, 3.05) is 26.2 Å². The Morgan fingerprint density at radius 3 is 2.53 bits per heavy atom. The molecule has 162 valence electrons. The third kappa shape index (κ3) is 4.33. The number of rotatable bonds is 5. The van der Waals surface area contributed by atoms with E-state index in [1.807, 2.05) is 24.3 Å². The normalized spacial score (nSPS) is 14.2. The standard InChI is InChI=1S/C22H21N7O3/c1-16-21(24-25-28(16)19-3-2-4-20(13-19)29(31)32)22(30)27-11-9-26(10-12-27)15-18-7-5-17(14-23)6-8-18/h2-8,13H,9-12,15H2,1H3. The van der Waals surface area contributed by atoms with Crippen molar-refractivity contribution >= 4 is 11.6 Å². The van der Waals surface area contributed by atoms with E-state index in [2.05, 4.69) is 21.3 Å². The van der Waals surface area contributed by atoms with Gasteiger partial charge in [-0.25, -0.2) is 4.68 Å². The number of amides is 1. The molecule has 32 heavy (non-hydrogen) atoms. The average molecular weight is 431 g/mol. The zero-order chi connectivity index (χ0) is 22.7. The molecule has 0 bridgehead atoms. The lowest BCUT2D eigenvalue weighted by Crippen LogP contribution is -2.48. The number of nitro groups is 1. The Bertz CT molecular complexity index is 1190. The number of non-ortho nitro benzene ring substituents is 1. The first-order valence-electron chi connectivity index (χ1n) is 10.1. The minimum Gasteiger partial charge on any atom is -0.335 e. The van der Waals surface area contributed by atoms with E-state index in [1.165, 1.54) is 16.8 Å². The van der Waals surface area contributed by atoms with Crippen LogP contribution in [0.1, 0.15) is 27.3 Å². The SMILES string of the molecule is Cc1c(C(=O)N2CCN(Cc3ccc(C#N)cc3)CC2)nnn1-c1cccc([N+](=O)[O-])c1. The number of hydrogen-bond donors (Lipinski definition) is 0. The lowest BCUT2D eigenvalue weighted by molar-refractivity contribution is -0.384. The molecule has 2 aromatic carbocycles. The molecule has 4 rings (SSSR count). The Morgan fingerprint density at radius 1 is 1.16 bits per heavy atom. The van der Waals surface area contributed by atoms with Gasteiger partial charge in [-0.05, 0) is 30.7 Å². The lowest BCUT2D eigenvalue weighted by Gasteiger charge is -2.34. The molecule has 1 aromatic heterocycles. The highest BCUT2D eigenvalue weighted by atomic mass is 16.6. The Balaban J connectivity index is 1.41. The highest BCUT2D eigenvalue weighted by molar-refractivity contribution is 5.93. The second-order valence-corrected chi connectivity index (χ2v) is 7.59. The number of aromatic nitrogens is 3. The number of nitrogens with zero attached hydrogens (tertiary/aromatic N) is 7. The molecular formula is C22H21N7O3. The van der Waals surface area contributed by atoms with Crippen LogP contribution in [0, 0.1) is 28.4 Å². The maximum absolute atomic E-state index is 13.0. The van der Waals surface area contributed by atoms with Gasteiger partial charge in [-0.3, -0.25) is 19.8 Å². The molecule has 0 unspecified atom stereocenters. The smallest absolute Gasteiger partial charge is 0.276 e. The number of carbonyl (C=O) groups excluding carboxylic acids is 1. The van der Waals surface area contributed by atoms with Crippen LogP contribution in [0.15, 0.2) is 48.5 Å². The first-order chi connectivity index (χ1) is 15.5. The van der Waals surface area contributed by atoms with Crippen LogP contribution in [-0.2, 0) is 6.54 Å². The molecule has 1 aliphatic rings. The van der Waals surface area contributed by atoms with Gasteiger partial charge in [-0.2, -0.15) is 5.26 Å². The molecule has 1 saturated heterocycles. The summed E-state index contributed by atoms with van der Waals surface area (Å²) < 4.78 is 1.45. The minimum atomic E-state index is -0.473. The van der Waals surface area contributed by atoms with Crippen LogP contribution in [0.3, 0.4) is 0 Å². The summed E-state index contributed by atoms with van der Waals surface area (Å²) >= 11 is 0. The quantitative estimate of drug-likeness (QED) is 0.449. The molecular weight excluding hydrogens is 410 g/mol.